The number of hydrogen-bond donors (Lipinski definition) is 1. The first-order valence-electron chi connectivity index (χ1n) is 5.23. The lowest BCUT2D eigenvalue weighted by Gasteiger charge is -2.28. The summed E-state index contributed by atoms with van der Waals surface area (Å²) in [6.45, 7) is 5.47. The quantitative estimate of drug-likeness (QED) is 0.747. The summed E-state index contributed by atoms with van der Waals surface area (Å²) >= 11 is 0. The zero-order chi connectivity index (χ0) is 12.2. The van der Waals surface area contributed by atoms with Crippen molar-refractivity contribution >= 4 is 5.91 Å². The van der Waals surface area contributed by atoms with Gasteiger partial charge >= 0.3 is 0 Å². The second-order valence-electron chi connectivity index (χ2n) is 4.72. The maximum absolute atomic E-state index is 11.8. The van der Waals surface area contributed by atoms with E-state index in [0.29, 0.717) is 13.1 Å². The van der Waals surface area contributed by atoms with Gasteiger partial charge in [-0.1, -0.05) is 19.1 Å². The molecule has 0 aliphatic carbocycles. The number of nitrogens with two attached hydrogens (primary N) is 1. The van der Waals surface area contributed by atoms with Crippen LogP contribution in [0.2, 0.25) is 0 Å². The van der Waals surface area contributed by atoms with Gasteiger partial charge in [0.15, 0.2) is 0 Å². The molecule has 0 fully saturated rings. The standard InChI is InChI=1S/C10H19N5O/c1-10(2,7-11)8-14(3)9(16)6-15-5-4-12-13-15/h4-5H,6-8,11H2,1-3H3. The second-order valence-corrected chi connectivity index (χ2v) is 4.72. The van der Waals surface area contributed by atoms with E-state index in [1.165, 1.54) is 4.68 Å². The molecule has 6 nitrogen and oxygen atoms in total. The van der Waals surface area contributed by atoms with Crippen molar-refractivity contribution in [1.29, 1.82) is 0 Å². The van der Waals surface area contributed by atoms with Crippen LogP contribution < -0.4 is 5.73 Å². The lowest BCUT2D eigenvalue weighted by Crippen LogP contribution is -2.41. The number of likely N-dealkylation sites (N-methyl/N-ethyl adjacent to an activating group) is 1. The molecule has 1 rings (SSSR count). The van der Waals surface area contributed by atoms with E-state index in [1.54, 1.807) is 24.3 Å². The largest absolute Gasteiger partial charge is 0.344 e. The van der Waals surface area contributed by atoms with Gasteiger partial charge in [-0.15, -0.1) is 5.10 Å². The molecule has 1 aromatic rings. The molecule has 0 aromatic carbocycles. The Morgan fingerprint density at radius 3 is 2.75 bits per heavy atom. The molecule has 16 heavy (non-hydrogen) atoms. The van der Waals surface area contributed by atoms with Crippen LogP contribution in [0.1, 0.15) is 13.8 Å². The minimum absolute atomic E-state index is 0.00650. The van der Waals surface area contributed by atoms with Crippen LogP contribution in [0.4, 0.5) is 0 Å². The third-order valence-corrected chi connectivity index (χ3v) is 2.41. The van der Waals surface area contributed by atoms with E-state index >= 15 is 0 Å². The third-order valence-electron chi connectivity index (χ3n) is 2.41. The number of hydrogen-bond acceptors (Lipinski definition) is 4. The predicted molar refractivity (Wildman–Crippen MR) is 60.5 cm³/mol. The molecule has 1 heterocycles. The summed E-state index contributed by atoms with van der Waals surface area (Å²) in [7, 11) is 1.77. The summed E-state index contributed by atoms with van der Waals surface area (Å²) in [5.41, 5.74) is 5.56. The maximum Gasteiger partial charge on any atom is 0.244 e. The molecule has 1 aromatic heterocycles. The van der Waals surface area contributed by atoms with Crippen LogP contribution in [0, 0.1) is 5.41 Å². The number of aromatic nitrogens is 3. The van der Waals surface area contributed by atoms with Crippen molar-refractivity contribution in [2.75, 3.05) is 20.1 Å². The first kappa shape index (κ1) is 12.6. The minimum Gasteiger partial charge on any atom is -0.344 e. The SMILES string of the molecule is CN(CC(C)(C)CN)C(=O)Cn1ccnn1. The Labute approximate surface area is 95.4 Å². The van der Waals surface area contributed by atoms with Gasteiger partial charge in [0.1, 0.15) is 6.54 Å². The van der Waals surface area contributed by atoms with Crippen LogP contribution in [0.5, 0.6) is 0 Å². The van der Waals surface area contributed by atoms with E-state index in [1.807, 2.05) is 13.8 Å². The van der Waals surface area contributed by atoms with E-state index in [0.717, 1.165) is 0 Å². The van der Waals surface area contributed by atoms with Gasteiger partial charge in [0.05, 0.1) is 6.20 Å². The van der Waals surface area contributed by atoms with Crippen LogP contribution in [-0.2, 0) is 11.3 Å². The van der Waals surface area contributed by atoms with Crippen LogP contribution in [-0.4, -0.2) is 45.9 Å². The van der Waals surface area contributed by atoms with Crippen molar-refractivity contribution in [1.82, 2.24) is 19.9 Å². The number of carbonyl (C=O) groups is 1. The van der Waals surface area contributed by atoms with Crippen molar-refractivity contribution in [2.24, 2.45) is 11.1 Å². The molecular weight excluding hydrogens is 206 g/mol. The second kappa shape index (κ2) is 5.07. The monoisotopic (exact) mass is 225 g/mol. The summed E-state index contributed by atoms with van der Waals surface area (Å²) in [6.07, 6.45) is 3.22. The van der Waals surface area contributed by atoms with Gasteiger partial charge in [-0.25, -0.2) is 4.68 Å². The summed E-state index contributed by atoms with van der Waals surface area (Å²) < 4.78 is 1.51. The van der Waals surface area contributed by atoms with E-state index in [9.17, 15) is 4.79 Å². The van der Waals surface area contributed by atoms with Gasteiger partial charge in [0.2, 0.25) is 5.91 Å². The Morgan fingerprint density at radius 1 is 1.56 bits per heavy atom. The molecule has 90 valence electrons. The maximum atomic E-state index is 11.8. The average molecular weight is 225 g/mol. The lowest BCUT2D eigenvalue weighted by molar-refractivity contribution is -0.131. The Kier molecular flexibility index (Phi) is 4.00. The van der Waals surface area contributed by atoms with E-state index in [-0.39, 0.29) is 17.9 Å². The lowest BCUT2D eigenvalue weighted by atomic mass is 9.93. The van der Waals surface area contributed by atoms with Gasteiger partial charge in [0.25, 0.3) is 0 Å². The van der Waals surface area contributed by atoms with Crippen molar-refractivity contribution in [3.63, 3.8) is 0 Å². The summed E-state index contributed by atoms with van der Waals surface area (Å²) in [5.74, 6) is 0.00650. The molecule has 0 aliphatic rings. The molecule has 0 unspecified atom stereocenters. The molecule has 0 saturated carbocycles. The van der Waals surface area contributed by atoms with E-state index < -0.39 is 0 Å². The molecule has 0 bridgehead atoms. The molecule has 1 amide bonds. The summed E-state index contributed by atoms with van der Waals surface area (Å²) in [6, 6.07) is 0. The van der Waals surface area contributed by atoms with E-state index in [4.69, 9.17) is 5.73 Å². The summed E-state index contributed by atoms with van der Waals surface area (Å²) in [5, 5.41) is 7.40. The molecule has 6 heteroatoms. The third kappa shape index (κ3) is 3.62. The van der Waals surface area contributed by atoms with Gasteiger partial charge in [-0.3, -0.25) is 4.79 Å². The molecule has 2 N–H and O–H groups in total. The number of rotatable bonds is 5. The minimum atomic E-state index is -0.0627. The number of amides is 1. The van der Waals surface area contributed by atoms with E-state index in [2.05, 4.69) is 10.3 Å². The van der Waals surface area contributed by atoms with Crippen LogP contribution in [0.25, 0.3) is 0 Å². The summed E-state index contributed by atoms with van der Waals surface area (Å²) in [4.78, 5) is 13.5. The fraction of sp³-hybridized carbons (Fsp3) is 0.700. The van der Waals surface area contributed by atoms with Gasteiger partial charge < -0.3 is 10.6 Å². The Bertz CT molecular complexity index is 333. The highest BCUT2D eigenvalue weighted by Crippen LogP contribution is 2.13. The highest BCUT2D eigenvalue weighted by molar-refractivity contribution is 5.75. The molecule has 0 aliphatic heterocycles. The van der Waals surface area contributed by atoms with Crippen LogP contribution >= 0.6 is 0 Å². The molecule has 0 radical (unpaired) electrons. The fourth-order valence-electron chi connectivity index (χ4n) is 1.37. The van der Waals surface area contributed by atoms with Gasteiger partial charge in [-0.05, 0) is 12.0 Å². The first-order chi connectivity index (χ1) is 7.44. The highest BCUT2D eigenvalue weighted by atomic mass is 16.2. The van der Waals surface area contributed by atoms with Crippen molar-refractivity contribution in [3.05, 3.63) is 12.4 Å². The topological polar surface area (TPSA) is 77.0 Å². The molecule has 0 saturated heterocycles. The van der Waals surface area contributed by atoms with Gasteiger partial charge in [-0.2, -0.15) is 0 Å². The van der Waals surface area contributed by atoms with Crippen LogP contribution in [0.15, 0.2) is 12.4 Å². The zero-order valence-electron chi connectivity index (χ0n) is 10.1. The normalized spacial score (nSPS) is 11.5. The smallest absolute Gasteiger partial charge is 0.244 e. The fourth-order valence-corrected chi connectivity index (χ4v) is 1.37. The molecule has 0 spiro atoms. The average Bonchev–Trinajstić information content (AvgIpc) is 2.69. The first-order valence-corrected chi connectivity index (χ1v) is 5.23. The van der Waals surface area contributed by atoms with Crippen molar-refractivity contribution in [3.8, 4) is 0 Å². The molecule has 0 atom stereocenters. The number of carbonyl (C=O) groups excluding carboxylic acids is 1. The van der Waals surface area contributed by atoms with Crippen LogP contribution in [0.3, 0.4) is 0 Å². The van der Waals surface area contributed by atoms with Crippen molar-refractivity contribution < 1.29 is 4.79 Å². The highest BCUT2D eigenvalue weighted by Gasteiger charge is 2.21. The molecular formula is C10H19N5O. The Hall–Kier alpha value is -1.43. The van der Waals surface area contributed by atoms with Crippen molar-refractivity contribution in [2.45, 2.75) is 20.4 Å². The Balaban J connectivity index is 2.48. The zero-order valence-corrected chi connectivity index (χ0v) is 10.1. The van der Waals surface area contributed by atoms with Gasteiger partial charge in [0, 0.05) is 19.8 Å². The predicted octanol–water partition coefficient (Wildman–Crippen LogP) is -0.279. The number of nitrogens with zero attached hydrogens (tertiary/aromatic N) is 4. The Morgan fingerprint density at radius 2 is 2.25 bits per heavy atom.